The molecule has 0 saturated carbocycles. The molecule has 0 spiro atoms. The van der Waals surface area contributed by atoms with Gasteiger partial charge in [-0.1, -0.05) is 29.3 Å². The summed E-state index contributed by atoms with van der Waals surface area (Å²) in [4.78, 5) is 4.45. The van der Waals surface area contributed by atoms with E-state index in [9.17, 15) is 0 Å². The normalized spacial score (nSPS) is 10.6. The lowest BCUT2D eigenvalue weighted by Crippen LogP contribution is -2.08. The van der Waals surface area contributed by atoms with Gasteiger partial charge in [0.15, 0.2) is 0 Å². The molecule has 2 N–H and O–H groups in total. The zero-order chi connectivity index (χ0) is 14.5. The molecule has 0 aliphatic rings. The quantitative estimate of drug-likeness (QED) is 0.914. The van der Waals surface area contributed by atoms with Crippen LogP contribution >= 0.6 is 23.2 Å². The Kier molecular flexibility index (Phi) is 5.24. The van der Waals surface area contributed by atoms with Crippen molar-refractivity contribution in [3.63, 3.8) is 0 Å². The highest BCUT2D eigenvalue weighted by molar-refractivity contribution is 6.35. The molecule has 2 rings (SSSR count). The third-order valence-corrected chi connectivity index (χ3v) is 3.44. The SMILES string of the molecule is Cc1ccc(OCc2ccc(Cl)cc2Cl)c(CCN)n1. The van der Waals surface area contributed by atoms with Gasteiger partial charge in [0.1, 0.15) is 12.4 Å². The lowest BCUT2D eigenvalue weighted by molar-refractivity contribution is 0.301. The van der Waals surface area contributed by atoms with Gasteiger partial charge in [-0.2, -0.15) is 0 Å². The summed E-state index contributed by atoms with van der Waals surface area (Å²) in [5, 5.41) is 1.21. The smallest absolute Gasteiger partial charge is 0.141 e. The molecular formula is C15H16Cl2N2O. The fraction of sp³-hybridized carbons (Fsp3) is 0.267. The Balaban J connectivity index is 2.14. The Morgan fingerprint density at radius 1 is 1.20 bits per heavy atom. The maximum atomic E-state index is 6.12. The van der Waals surface area contributed by atoms with E-state index in [0.717, 1.165) is 22.7 Å². The van der Waals surface area contributed by atoms with Crippen molar-refractivity contribution >= 4 is 23.2 Å². The number of nitrogens with two attached hydrogens (primary N) is 1. The highest BCUT2D eigenvalue weighted by Gasteiger charge is 2.07. The Labute approximate surface area is 128 Å². The molecule has 1 heterocycles. The van der Waals surface area contributed by atoms with Crippen LogP contribution in [-0.4, -0.2) is 11.5 Å². The van der Waals surface area contributed by atoms with Gasteiger partial charge in [0.2, 0.25) is 0 Å². The van der Waals surface area contributed by atoms with E-state index in [0.29, 0.717) is 29.6 Å². The summed E-state index contributed by atoms with van der Waals surface area (Å²) in [5.41, 5.74) is 8.30. The van der Waals surface area contributed by atoms with E-state index in [4.69, 9.17) is 33.7 Å². The first-order valence-corrected chi connectivity index (χ1v) is 7.09. The number of ether oxygens (including phenoxy) is 1. The molecule has 0 bridgehead atoms. The standard InChI is InChI=1S/C15H16Cl2N2O/c1-10-2-5-15(14(19-10)6-7-18)20-9-11-3-4-12(16)8-13(11)17/h2-5,8H,6-7,9,18H2,1H3. The molecule has 0 fully saturated rings. The van der Waals surface area contributed by atoms with E-state index in [-0.39, 0.29) is 0 Å². The van der Waals surface area contributed by atoms with Crippen LogP contribution < -0.4 is 10.5 Å². The minimum atomic E-state index is 0.373. The Hall–Kier alpha value is -1.29. The zero-order valence-corrected chi connectivity index (χ0v) is 12.7. The first-order chi connectivity index (χ1) is 9.60. The molecule has 0 amide bonds. The molecule has 0 aliphatic heterocycles. The van der Waals surface area contributed by atoms with E-state index in [1.807, 2.05) is 25.1 Å². The van der Waals surface area contributed by atoms with Crippen LogP contribution in [0.25, 0.3) is 0 Å². The first-order valence-electron chi connectivity index (χ1n) is 6.33. The topological polar surface area (TPSA) is 48.1 Å². The maximum absolute atomic E-state index is 6.12. The summed E-state index contributed by atoms with van der Waals surface area (Å²) in [6.07, 6.45) is 0.686. The zero-order valence-electron chi connectivity index (χ0n) is 11.2. The van der Waals surface area contributed by atoms with Gasteiger partial charge in [-0.25, -0.2) is 0 Å². The largest absolute Gasteiger partial charge is 0.487 e. The highest BCUT2D eigenvalue weighted by Crippen LogP contribution is 2.24. The summed E-state index contributed by atoms with van der Waals surface area (Å²) >= 11 is 12.0. The number of halogens is 2. The molecule has 0 aliphatic carbocycles. The van der Waals surface area contributed by atoms with Crippen molar-refractivity contribution < 1.29 is 4.74 Å². The van der Waals surface area contributed by atoms with Crippen molar-refractivity contribution in [2.24, 2.45) is 5.73 Å². The number of aromatic nitrogens is 1. The van der Waals surface area contributed by atoms with Crippen LogP contribution in [0.1, 0.15) is 17.0 Å². The molecule has 106 valence electrons. The van der Waals surface area contributed by atoms with Crippen LogP contribution in [0.3, 0.4) is 0 Å². The third-order valence-electron chi connectivity index (χ3n) is 2.85. The van der Waals surface area contributed by atoms with E-state index >= 15 is 0 Å². The third kappa shape index (κ3) is 3.85. The average molecular weight is 311 g/mol. The predicted octanol–water partition coefficient (Wildman–Crippen LogP) is 3.78. The van der Waals surface area contributed by atoms with Gasteiger partial charge in [0, 0.05) is 27.7 Å². The fourth-order valence-corrected chi connectivity index (χ4v) is 2.30. The number of aryl methyl sites for hydroxylation is 1. The number of hydrogen-bond donors (Lipinski definition) is 1. The predicted molar refractivity (Wildman–Crippen MR) is 82.5 cm³/mol. The number of nitrogens with zero attached hydrogens (tertiary/aromatic N) is 1. The Bertz CT molecular complexity index is 602. The van der Waals surface area contributed by atoms with Crippen molar-refractivity contribution in [2.45, 2.75) is 20.0 Å². The molecule has 0 saturated heterocycles. The molecule has 5 heteroatoms. The minimum absolute atomic E-state index is 0.373. The second-order valence-corrected chi connectivity index (χ2v) is 5.30. The van der Waals surface area contributed by atoms with Crippen molar-refractivity contribution in [3.8, 4) is 5.75 Å². The van der Waals surface area contributed by atoms with E-state index in [2.05, 4.69) is 4.98 Å². The molecule has 3 nitrogen and oxygen atoms in total. The average Bonchev–Trinajstić information content (AvgIpc) is 2.40. The first kappa shape index (κ1) is 15.1. The second kappa shape index (κ2) is 6.93. The molecular weight excluding hydrogens is 295 g/mol. The van der Waals surface area contributed by atoms with E-state index < -0.39 is 0 Å². The number of hydrogen-bond acceptors (Lipinski definition) is 3. The summed E-state index contributed by atoms with van der Waals surface area (Å²) in [7, 11) is 0. The summed E-state index contributed by atoms with van der Waals surface area (Å²) < 4.78 is 5.81. The van der Waals surface area contributed by atoms with Gasteiger partial charge >= 0.3 is 0 Å². The maximum Gasteiger partial charge on any atom is 0.141 e. The van der Waals surface area contributed by atoms with Gasteiger partial charge in [-0.15, -0.1) is 0 Å². The highest BCUT2D eigenvalue weighted by atomic mass is 35.5. The van der Waals surface area contributed by atoms with Gasteiger partial charge in [0.05, 0.1) is 5.69 Å². The minimum Gasteiger partial charge on any atom is -0.487 e. The van der Waals surface area contributed by atoms with Crippen LogP contribution in [0, 0.1) is 6.92 Å². The van der Waals surface area contributed by atoms with E-state index in [1.165, 1.54) is 0 Å². The molecule has 0 radical (unpaired) electrons. The van der Waals surface area contributed by atoms with Crippen molar-refractivity contribution in [1.82, 2.24) is 4.98 Å². The van der Waals surface area contributed by atoms with Gasteiger partial charge in [0.25, 0.3) is 0 Å². The summed E-state index contributed by atoms with van der Waals surface area (Å²) in [6.45, 7) is 2.85. The molecule has 1 aromatic carbocycles. The summed E-state index contributed by atoms with van der Waals surface area (Å²) in [6, 6.07) is 9.18. The van der Waals surface area contributed by atoms with Crippen LogP contribution in [0.5, 0.6) is 5.75 Å². The monoisotopic (exact) mass is 310 g/mol. The van der Waals surface area contributed by atoms with Crippen LogP contribution in [-0.2, 0) is 13.0 Å². The van der Waals surface area contributed by atoms with Crippen LogP contribution in [0.15, 0.2) is 30.3 Å². The van der Waals surface area contributed by atoms with Crippen LogP contribution in [0.4, 0.5) is 0 Å². The van der Waals surface area contributed by atoms with Crippen molar-refractivity contribution in [2.75, 3.05) is 6.54 Å². The number of pyridine rings is 1. The second-order valence-electron chi connectivity index (χ2n) is 4.46. The molecule has 1 aromatic heterocycles. The lowest BCUT2D eigenvalue weighted by Gasteiger charge is -2.12. The summed E-state index contributed by atoms with van der Waals surface area (Å²) in [5.74, 6) is 0.743. The molecule has 20 heavy (non-hydrogen) atoms. The van der Waals surface area contributed by atoms with Gasteiger partial charge in [-0.3, -0.25) is 4.98 Å². The number of rotatable bonds is 5. The Morgan fingerprint density at radius 3 is 2.70 bits per heavy atom. The van der Waals surface area contributed by atoms with E-state index in [1.54, 1.807) is 12.1 Å². The lowest BCUT2D eigenvalue weighted by atomic mass is 10.2. The van der Waals surface area contributed by atoms with Gasteiger partial charge in [-0.05, 0) is 37.7 Å². The molecule has 0 unspecified atom stereocenters. The van der Waals surface area contributed by atoms with Crippen LogP contribution in [0.2, 0.25) is 10.0 Å². The fourth-order valence-electron chi connectivity index (χ4n) is 1.84. The van der Waals surface area contributed by atoms with Gasteiger partial charge < -0.3 is 10.5 Å². The Morgan fingerprint density at radius 2 is 2.00 bits per heavy atom. The molecule has 0 atom stereocenters. The van der Waals surface area contributed by atoms with Crippen molar-refractivity contribution in [1.29, 1.82) is 0 Å². The molecule has 2 aromatic rings. The van der Waals surface area contributed by atoms with Crippen molar-refractivity contribution in [3.05, 3.63) is 57.3 Å². The number of benzene rings is 1.